The number of rotatable bonds is 4. The summed E-state index contributed by atoms with van der Waals surface area (Å²) in [6, 6.07) is 2.24. The lowest BCUT2D eigenvalue weighted by molar-refractivity contribution is 0.562. The van der Waals surface area contributed by atoms with E-state index in [0.717, 1.165) is 12.8 Å². The van der Waals surface area contributed by atoms with Crippen LogP contribution in [0.3, 0.4) is 0 Å². The number of nitrogens with two attached hydrogens (primary N) is 1. The van der Waals surface area contributed by atoms with Crippen LogP contribution >= 0.6 is 0 Å². The first-order valence-electron chi connectivity index (χ1n) is 6.44. The SMILES string of the molecule is CCc1cnccc1C(NN)C1=CCCCC1. The average Bonchev–Trinajstić information content (AvgIpc) is 2.41. The third-order valence-corrected chi connectivity index (χ3v) is 3.50. The Balaban J connectivity index is 2.31. The quantitative estimate of drug-likeness (QED) is 0.476. The summed E-state index contributed by atoms with van der Waals surface area (Å²) < 4.78 is 0. The lowest BCUT2D eigenvalue weighted by atomic mass is 9.88. The number of nitrogens with zero attached hydrogens (tertiary/aromatic N) is 1. The summed E-state index contributed by atoms with van der Waals surface area (Å²) in [6.45, 7) is 2.16. The molecule has 3 heteroatoms. The second-order valence-electron chi connectivity index (χ2n) is 4.55. The van der Waals surface area contributed by atoms with Crippen LogP contribution in [0, 0.1) is 0 Å². The fourth-order valence-corrected chi connectivity index (χ4v) is 2.54. The number of pyridine rings is 1. The highest BCUT2D eigenvalue weighted by atomic mass is 15.2. The monoisotopic (exact) mass is 231 g/mol. The van der Waals surface area contributed by atoms with Gasteiger partial charge in [-0.15, -0.1) is 0 Å². The summed E-state index contributed by atoms with van der Waals surface area (Å²) in [5, 5.41) is 0. The molecule has 1 aliphatic carbocycles. The van der Waals surface area contributed by atoms with Crippen molar-refractivity contribution in [1.82, 2.24) is 10.4 Å². The lowest BCUT2D eigenvalue weighted by Gasteiger charge is -2.24. The Bertz CT molecular complexity index is 398. The molecule has 0 radical (unpaired) electrons. The fourth-order valence-electron chi connectivity index (χ4n) is 2.54. The number of aromatic nitrogens is 1. The van der Waals surface area contributed by atoms with Crippen molar-refractivity contribution in [2.45, 2.75) is 45.1 Å². The second-order valence-corrected chi connectivity index (χ2v) is 4.55. The minimum atomic E-state index is 0.160. The van der Waals surface area contributed by atoms with E-state index in [4.69, 9.17) is 5.84 Å². The Morgan fingerprint density at radius 3 is 3.00 bits per heavy atom. The van der Waals surface area contributed by atoms with Gasteiger partial charge in [0.15, 0.2) is 0 Å². The largest absolute Gasteiger partial charge is 0.271 e. The van der Waals surface area contributed by atoms with Crippen LogP contribution in [0.15, 0.2) is 30.1 Å². The van der Waals surface area contributed by atoms with Gasteiger partial charge >= 0.3 is 0 Å². The highest BCUT2D eigenvalue weighted by molar-refractivity contribution is 5.33. The molecule has 1 aromatic rings. The first-order chi connectivity index (χ1) is 8.36. The van der Waals surface area contributed by atoms with Gasteiger partial charge in [-0.05, 0) is 49.3 Å². The van der Waals surface area contributed by atoms with Gasteiger partial charge < -0.3 is 0 Å². The molecule has 0 aromatic carbocycles. The number of hydrogen-bond acceptors (Lipinski definition) is 3. The maximum Gasteiger partial charge on any atom is 0.0673 e. The molecule has 92 valence electrons. The highest BCUT2D eigenvalue weighted by Gasteiger charge is 2.18. The molecular weight excluding hydrogens is 210 g/mol. The predicted molar refractivity (Wildman–Crippen MR) is 70.2 cm³/mol. The van der Waals surface area contributed by atoms with Crippen molar-refractivity contribution in [2.24, 2.45) is 5.84 Å². The molecule has 3 nitrogen and oxygen atoms in total. The Hall–Kier alpha value is -1.19. The molecule has 0 saturated carbocycles. The van der Waals surface area contributed by atoms with Crippen LogP contribution in [0.4, 0.5) is 0 Å². The van der Waals surface area contributed by atoms with Gasteiger partial charge in [-0.25, -0.2) is 5.43 Å². The van der Waals surface area contributed by atoms with Gasteiger partial charge in [0.25, 0.3) is 0 Å². The van der Waals surface area contributed by atoms with Gasteiger partial charge in [-0.1, -0.05) is 18.6 Å². The molecule has 0 amide bonds. The van der Waals surface area contributed by atoms with Gasteiger partial charge in [0.2, 0.25) is 0 Å². The summed E-state index contributed by atoms with van der Waals surface area (Å²) in [5.41, 5.74) is 6.95. The van der Waals surface area contributed by atoms with Gasteiger partial charge in [-0.2, -0.15) is 0 Å². The molecule has 3 N–H and O–H groups in total. The van der Waals surface area contributed by atoms with Crippen molar-refractivity contribution in [2.75, 3.05) is 0 Å². The Morgan fingerprint density at radius 1 is 1.47 bits per heavy atom. The first kappa shape index (κ1) is 12.3. The van der Waals surface area contributed by atoms with Crippen molar-refractivity contribution in [3.63, 3.8) is 0 Å². The van der Waals surface area contributed by atoms with E-state index >= 15 is 0 Å². The third kappa shape index (κ3) is 2.73. The topological polar surface area (TPSA) is 50.9 Å². The minimum Gasteiger partial charge on any atom is -0.271 e. The zero-order valence-electron chi connectivity index (χ0n) is 10.4. The number of aryl methyl sites for hydroxylation is 1. The Morgan fingerprint density at radius 2 is 2.35 bits per heavy atom. The molecule has 0 saturated heterocycles. The van der Waals surface area contributed by atoms with E-state index in [1.165, 1.54) is 36.0 Å². The molecule has 1 atom stereocenters. The molecule has 1 unspecified atom stereocenters. The summed E-state index contributed by atoms with van der Waals surface area (Å²) >= 11 is 0. The summed E-state index contributed by atoms with van der Waals surface area (Å²) in [6.07, 6.45) is 12.0. The number of allylic oxidation sites excluding steroid dienone is 1. The fraction of sp³-hybridized carbons (Fsp3) is 0.500. The molecule has 1 heterocycles. The van der Waals surface area contributed by atoms with Crippen molar-refractivity contribution in [1.29, 1.82) is 0 Å². The standard InChI is InChI=1S/C14H21N3/c1-2-11-10-16-9-8-13(11)14(17-15)12-6-4-3-5-7-12/h6,8-10,14,17H,2-5,7,15H2,1H3. The van der Waals surface area contributed by atoms with Crippen LogP contribution in [0.5, 0.6) is 0 Å². The normalized spacial score (nSPS) is 17.6. The van der Waals surface area contributed by atoms with Gasteiger partial charge in [-0.3, -0.25) is 10.8 Å². The first-order valence-corrected chi connectivity index (χ1v) is 6.44. The molecule has 1 aliphatic rings. The van der Waals surface area contributed by atoms with Crippen LogP contribution in [-0.2, 0) is 6.42 Å². The van der Waals surface area contributed by atoms with Crippen LogP contribution in [-0.4, -0.2) is 4.98 Å². The van der Waals surface area contributed by atoms with Gasteiger partial charge in [0.1, 0.15) is 0 Å². The van der Waals surface area contributed by atoms with E-state index in [1.54, 1.807) is 0 Å². The van der Waals surface area contributed by atoms with Crippen LogP contribution in [0.1, 0.15) is 49.8 Å². The van der Waals surface area contributed by atoms with E-state index in [2.05, 4.69) is 29.5 Å². The van der Waals surface area contributed by atoms with E-state index in [9.17, 15) is 0 Å². The predicted octanol–water partition coefficient (Wildman–Crippen LogP) is 2.65. The second kappa shape index (κ2) is 5.94. The average molecular weight is 231 g/mol. The summed E-state index contributed by atoms with van der Waals surface area (Å²) in [4.78, 5) is 4.19. The molecule has 0 aliphatic heterocycles. The van der Waals surface area contributed by atoms with Crippen molar-refractivity contribution >= 4 is 0 Å². The van der Waals surface area contributed by atoms with Crippen LogP contribution in [0.2, 0.25) is 0 Å². The molecule has 1 aromatic heterocycles. The maximum atomic E-state index is 5.75. The number of hydrogen-bond donors (Lipinski definition) is 2. The smallest absolute Gasteiger partial charge is 0.0673 e. The molecular formula is C14H21N3. The summed E-state index contributed by atoms with van der Waals surface area (Å²) in [7, 11) is 0. The highest BCUT2D eigenvalue weighted by Crippen LogP contribution is 2.30. The molecule has 17 heavy (non-hydrogen) atoms. The molecule has 0 spiro atoms. The zero-order chi connectivity index (χ0) is 12.1. The minimum absolute atomic E-state index is 0.160. The summed E-state index contributed by atoms with van der Waals surface area (Å²) in [5.74, 6) is 5.75. The number of nitrogens with one attached hydrogen (secondary N) is 1. The maximum absolute atomic E-state index is 5.75. The van der Waals surface area contributed by atoms with Crippen molar-refractivity contribution < 1.29 is 0 Å². The molecule has 0 fully saturated rings. The zero-order valence-corrected chi connectivity index (χ0v) is 10.4. The van der Waals surface area contributed by atoms with Gasteiger partial charge in [0.05, 0.1) is 6.04 Å². The van der Waals surface area contributed by atoms with Crippen LogP contribution in [0.25, 0.3) is 0 Å². The molecule has 2 rings (SSSR count). The molecule has 0 bridgehead atoms. The van der Waals surface area contributed by atoms with Gasteiger partial charge in [0, 0.05) is 12.4 Å². The van der Waals surface area contributed by atoms with Crippen molar-refractivity contribution in [3.8, 4) is 0 Å². The Labute approximate surface area is 103 Å². The van der Waals surface area contributed by atoms with E-state index in [1.807, 2.05) is 12.4 Å². The van der Waals surface area contributed by atoms with Crippen molar-refractivity contribution in [3.05, 3.63) is 41.2 Å². The number of hydrazine groups is 1. The lowest BCUT2D eigenvalue weighted by Crippen LogP contribution is -2.30. The van der Waals surface area contributed by atoms with E-state index in [-0.39, 0.29) is 6.04 Å². The third-order valence-electron chi connectivity index (χ3n) is 3.50. The Kier molecular flexibility index (Phi) is 4.29. The van der Waals surface area contributed by atoms with Crippen LogP contribution < -0.4 is 11.3 Å². The van der Waals surface area contributed by atoms with E-state index in [0.29, 0.717) is 0 Å². The van der Waals surface area contributed by atoms with E-state index < -0.39 is 0 Å².